The Balaban J connectivity index is 2.37. The molecule has 122 valence electrons. The molecule has 0 saturated carbocycles. The van der Waals surface area contributed by atoms with Crippen LogP contribution in [0.4, 0.5) is 0 Å². The van der Waals surface area contributed by atoms with Gasteiger partial charge in [0.1, 0.15) is 12.4 Å². The van der Waals surface area contributed by atoms with Gasteiger partial charge in [0.05, 0.1) is 5.92 Å². The Morgan fingerprint density at radius 2 is 1.73 bits per heavy atom. The lowest BCUT2D eigenvalue weighted by Gasteiger charge is -2.09. The Labute approximate surface area is 132 Å². The number of carbonyl (C=O) groups is 2. The third-order valence-electron chi connectivity index (χ3n) is 3.61. The molecule has 0 radical (unpaired) electrons. The van der Waals surface area contributed by atoms with Gasteiger partial charge in [-0.05, 0) is 37.6 Å². The molecule has 0 aromatic heterocycles. The lowest BCUT2D eigenvalue weighted by Crippen LogP contribution is -2.17. The van der Waals surface area contributed by atoms with E-state index >= 15 is 0 Å². The number of carboxylic acid groups (broad SMARTS) is 1. The summed E-state index contributed by atoms with van der Waals surface area (Å²) in [4.78, 5) is 22.7. The predicted octanol–water partition coefficient (Wildman–Crippen LogP) is 4.33. The van der Waals surface area contributed by atoms with Gasteiger partial charge in [0, 0.05) is 12.0 Å². The smallest absolute Gasteiger partial charge is 0.309 e. The molecule has 0 heterocycles. The number of benzene rings is 1. The second kappa shape index (κ2) is 9.98. The van der Waals surface area contributed by atoms with Crippen molar-refractivity contribution in [3.8, 4) is 5.75 Å². The van der Waals surface area contributed by atoms with Gasteiger partial charge >= 0.3 is 5.97 Å². The van der Waals surface area contributed by atoms with E-state index in [0.717, 1.165) is 12.8 Å². The van der Waals surface area contributed by atoms with E-state index < -0.39 is 11.9 Å². The second-order valence-electron chi connectivity index (χ2n) is 5.66. The average molecular weight is 306 g/mol. The Hall–Kier alpha value is -1.84. The van der Waals surface area contributed by atoms with Crippen LogP contribution in [-0.2, 0) is 4.79 Å². The highest BCUT2D eigenvalue weighted by atomic mass is 16.5. The topological polar surface area (TPSA) is 63.6 Å². The first-order chi connectivity index (χ1) is 10.5. The number of ketones is 1. The lowest BCUT2D eigenvalue weighted by molar-refractivity contribution is -0.142. The number of hydrogen-bond donors (Lipinski definition) is 1. The van der Waals surface area contributed by atoms with Gasteiger partial charge in [-0.15, -0.1) is 0 Å². The summed E-state index contributed by atoms with van der Waals surface area (Å²) < 4.78 is 5.40. The van der Waals surface area contributed by atoms with E-state index in [1.54, 1.807) is 31.2 Å². The van der Waals surface area contributed by atoms with Gasteiger partial charge in [-0.25, -0.2) is 0 Å². The van der Waals surface area contributed by atoms with Gasteiger partial charge in [0.2, 0.25) is 0 Å². The summed E-state index contributed by atoms with van der Waals surface area (Å²) in [6.45, 7) is 3.89. The van der Waals surface area contributed by atoms with Gasteiger partial charge in [0.25, 0.3) is 0 Å². The zero-order valence-corrected chi connectivity index (χ0v) is 13.5. The van der Waals surface area contributed by atoms with E-state index in [4.69, 9.17) is 9.84 Å². The van der Waals surface area contributed by atoms with Crippen LogP contribution in [0, 0.1) is 5.92 Å². The van der Waals surface area contributed by atoms with Crippen LogP contribution in [0.25, 0.3) is 0 Å². The number of hydrogen-bond acceptors (Lipinski definition) is 3. The summed E-state index contributed by atoms with van der Waals surface area (Å²) in [6.07, 6.45) is 6.25. The number of unbranched alkanes of at least 4 members (excludes halogenated alkanes) is 4. The molecule has 0 bridgehead atoms. The van der Waals surface area contributed by atoms with Crippen molar-refractivity contribution >= 4 is 11.8 Å². The quantitative estimate of drug-likeness (QED) is 0.488. The SMILES string of the molecule is CCCCCCCC(=O)c1ccc(OCC(C)C(=O)O)cc1. The van der Waals surface area contributed by atoms with Crippen LogP contribution in [0.1, 0.15) is 62.7 Å². The standard InChI is InChI=1S/C18H26O4/c1-3-4-5-6-7-8-17(19)15-9-11-16(12-10-15)22-13-14(2)18(20)21/h9-12,14H,3-8,13H2,1-2H3,(H,20,21). The van der Waals surface area contributed by atoms with Crippen molar-refractivity contribution in [1.29, 1.82) is 0 Å². The first kappa shape index (κ1) is 18.2. The fourth-order valence-electron chi connectivity index (χ4n) is 2.06. The second-order valence-corrected chi connectivity index (χ2v) is 5.66. The number of Topliss-reactive ketones (excluding diaryl/α,β-unsaturated/α-hetero) is 1. The third-order valence-corrected chi connectivity index (χ3v) is 3.61. The summed E-state index contributed by atoms with van der Waals surface area (Å²) in [7, 11) is 0. The number of rotatable bonds is 11. The summed E-state index contributed by atoms with van der Waals surface area (Å²) in [5, 5.41) is 8.79. The molecule has 0 aliphatic rings. The van der Waals surface area contributed by atoms with E-state index in [1.165, 1.54) is 19.3 Å². The first-order valence-electron chi connectivity index (χ1n) is 8.03. The molecule has 0 spiro atoms. The molecule has 0 saturated heterocycles. The van der Waals surface area contributed by atoms with Crippen molar-refractivity contribution < 1.29 is 19.4 Å². The fourth-order valence-corrected chi connectivity index (χ4v) is 2.06. The van der Waals surface area contributed by atoms with Crippen LogP contribution in [0.2, 0.25) is 0 Å². The minimum absolute atomic E-state index is 0.125. The Kier molecular flexibility index (Phi) is 8.26. The summed E-state index contributed by atoms with van der Waals surface area (Å²) >= 11 is 0. The van der Waals surface area contributed by atoms with Crippen LogP contribution in [0.5, 0.6) is 5.75 Å². The van der Waals surface area contributed by atoms with Gasteiger partial charge in [-0.3, -0.25) is 9.59 Å². The minimum atomic E-state index is -0.880. The normalized spacial score (nSPS) is 11.9. The highest BCUT2D eigenvalue weighted by Gasteiger charge is 2.11. The van der Waals surface area contributed by atoms with Crippen molar-refractivity contribution in [2.75, 3.05) is 6.61 Å². The molecule has 1 unspecified atom stereocenters. The van der Waals surface area contributed by atoms with Gasteiger partial charge in [-0.2, -0.15) is 0 Å². The summed E-state index contributed by atoms with van der Waals surface area (Å²) in [6, 6.07) is 6.93. The molecule has 1 N–H and O–H groups in total. The zero-order valence-electron chi connectivity index (χ0n) is 13.5. The molecular formula is C18H26O4. The zero-order chi connectivity index (χ0) is 16.4. The predicted molar refractivity (Wildman–Crippen MR) is 86.4 cm³/mol. The Morgan fingerprint density at radius 1 is 1.09 bits per heavy atom. The molecule has 1 aromatic carbocycles. The molecule has 4 nitrogen and oxygen atoms in total. The minimum Gasteiger partial charge on any atom is -0.493 e. The van der Waals surface area contributed by atoms with E-state index in [-0.39, 0.29) is 12.4 Å². The molecule has 0 aliphatic heterocycles. The summed E-state index contributed by atoms with van der Waals surface area (Å²) in [5.74, 6) is -0.686. The monoisotopic (exact) mass is 306 g/mol. The highest BCUT2D eigenvalue weighted by Crippen LogP contribution is 2.16. The average Bonchev–Trinajstić information content (AvgIpc) is 2.52. The Bertz CT molecular complexity index is 464. The third kappa shape index (κ3) is 6.74. The van der Waals surface area contributed by atoms with Gasteiger partial charge in [-0.1, -0.05) is 32.6 Å². The van der Waals surface area contributed by atoms with Crippen molar-refractivity contribution in [2.24, 2.45) is 5.92 Å². The van der Waals surface area contributed by atoms with E-state index in [0.29, 0.717) is 17.7 Å². The number of carboxylic acids is 1. The van der Waals surface area contributed by atoms with Crippen molar-refractivity contribution in [1.82, 2.24) is 0 Å². The fraction of sp³-hybridized carbons (Fsp3) is 0.556. The van der Waals surface area contributed by atoms with Crippen molar-refractivity contribution in [3.05, 3.63) is 29.8 Å². The van der Waals surface area contributed by atoms with Crippen LogP contribution >= 0.6 is 0 Å². The first-order valence-corrected chi connectivity index (χ1v) is 8.03. The number of aliphatic carboxylic acids is 1. The number of ether oxygens (including phenoxy) is 1. The molecule has 1 atom stereocenters. The maximum absolute atomic E-state index is 12.0. The Morgan fingerprint density at radius 3 is 2.32 bits per heavy atom. The maximum atomic E-state index is 12.0. The molecular weight excluding hydrogens is 280 g/mol. The van der Waals surface area contributed by atoms with E-state index in [1.807, 2.05) is 0 Å². The highest BCUT2D eigenvalue weighted by molar-refractivity contribution is 5.96. The van der Waals surface area contributed by atoms with E-state index in [9.17, 15) is 9.59 Å². The number of carbonyl (C=O) groups excluding carboxylic acids is 1. The molecule has 0 aliphatic carbocycles. The molecule has 1 rings (SSSR count). The van der Waals surface area contributed by atoms with Gasteiger partial charge in [0.15, 0.2) is 5.78 Å². The van der Waals surface area contributed by atoms with Crippen LogP contribution < -0.4 is 4.74 Å². The van der Waals surface area contributed by atoms with Crippen LogP contribution in [-0.4, -0.2) is 23.5 Å². The maximum Gasteiger partial charge on any atom is 0.309 e. The molecule has 1 aromatic rings. The largest absolute Gasteiger partial charge is 0.493 e. The van der Waals surface area contributed by atoms with Crippen molar-refractivity contribution in [2.45, 2.75) is 52.4 Å². The molecule has 0 amide bonds. The molecule has 22 heavy (non-hydrogen) atoms. The summed E-state index contributed by atoms with van der Waals surface area (Å²) in [5.41, 5.74) is 0.689. The van der Waals surface area contributed by atoms with Crippen LogP contribution in [0.15, 0.2) is 24.3 Å². The lowest BCUT2D eigenvalue weighted by atomic mass is 10.0. The van der Waals surface area contributed by atoms with Crippen LogP contribution in [0.3, 0.4) is 0 Å². The van der Waals surface area contributed by atoms with Gasteiger partial charge < -0.3 is 9.84 Å². The molecule has 4 heteroatoms. The van der Waals surface area contributed by atoms with Crippen molar-refractivity contribution in [3.63, 3.8) is 0 Å². The molecule has 0 fully saturated rings. The van der Waals surface area contributed by atoms with E-state index in [2.05, 4.69) is 6.92 Å².